The van der Waals surface area contributed by atoms with Crippen molar-refractivity contribution in [1.82, 2.24) is 19.9 Å². The number of hydrogen-bond donors (Lipinski definition) is 1. The fourth-order valence-electron chi connectivity index (χ4n) is 2.13. The van der Waals surface area contributed by atoms with Crippen LogP contribution in [-0.4, -0.2) is 63.7 Å². The van der Waals surface area contributed by atoms with Gasteiger partial charge in [-0.1, -0.05) is 5.21 Å². The first-order chi connectivity index (χ1) is 9.97. The average Bonchev–Trinajstić information content (AvgIpc) is 2.89. The topological polar surface area (TPSA) is 97.6 Å². The van der Waals surface area contributed by atoms with Gasteiger partial charge in [0.2, 0.25) is 5.91 Å². The molecule has 0 bridgehead atoms. The second-order valence-corrected chi connectivity index (χ2v) is 4.56. The van der Waals surface area contributed by atoms with Crippen LogP contribution in [-0.2, 0) is 16.0 Å². The van der Waals surface area contributed by atoms with Gasteiger partial charge in [-0.2, -0.15) is 0 Å². The Morgan fingerprint density at radius 3 is 2.48 bits per heavy atom. The lowest BCUT2D eigenvalue weighted by molar-refractivity contribution is -0.134. The third kappa shape index (κ3) is 3.78. The van der Waals surface area contributed by atoms with Crippen LogP contribution in [0.5, 0.6) is 0 Å². The van der Waals surface area contributed by atoms with Gasteiger partial charge in [-0.05, 0) is 20.8 Å². The number of likely N-dealkylation sites (N-methyl/N-ethyl adjacent to an activating group) is 1. The third-order valence-corrected chi connectivity index (χ3v) is 3.34. The molecule has 1 rings (SSSR count). The van der Waals surface area contributed by atoms with E-state index in [1.54, 1.807) is 11.8 Å². The van der Waals surface area contributed by atoms with Crippen molar-refractivity contribution in [3.05, 3.63) is 11.4 Å². The molecule has 1 amide bonds. The fourth-order valence-corrected chi connectivity index (χ4v) is 2.13. The van der Waals surface area contributed by atoms with Crippen molar-refractivity contribution in [2.24, 2.45) is 0 Å². The largest absolute Gasteiger partial charge is 0.476 e. The van der Waals surface area contributed by atoms with Gasteiger partial charge in [-0.15, -0.1) is 5.10 Å². The van der Waals surface area contributed by atoms with Crippen LogP contribution < -0.4 is 0 Å². The lowest BCUT2D eigenvalue weighted by atomic mass is 10.2. The zero-order valence-corrected chi connectivity index (χ0v) is 12.9. The molecule has 0 aliphatic rings. The molecule has 0 fully saturated rings. The van der Waals surface area contributed by atoms with Gasteiger partial charge in [0.05, 0.1) is 12.3 Å². The first-order valence-corrected chi connectivity index (χ1v) is 6.92. The Morgan fingerprint density at radius 2 is 2.00 bits per heavy atom. The second kappa shape index (κ2) is 7.72. The van der Waals surface area contributed by atoms with Crippen molar-refractivity contribution in [1.29, 1.82) is 0 Å². The standard InChI is InChI=1S/C13H22N4O4/c1-5-16(6-2)12(18)9(3)17-10(7-8-21-4)11(13(19)20)14-15-17/h9H,5-8H2,1-4H3,(H,19,20). The van der Waals surface area contributed by atoms with Gasteiger partial charge in [0, 0.05) is 26.6 Å². The van der Waals surface area contributed by atoms with E-state index in [2.05, 4.69) is 10.3 Å². The number of aromatic nitrogens is 3. The molecule has 118 valence electrons. The van der Waals surface area contributed by atoms with Crippen molar-refractivity contribution in [2.75, 3.05) is 26.8 Å². The first kappa shape index (κ1) is 17.1. The summed E-state index contributed by atoms with van der Waals surface area (Å²) in [7, 11) is 1.53. The molecule has 1 unspecified atom stereocenters. The lowest BCUT2D eigenvalue weighted by Crippen LogP contribution is -2.37. The van der Waals surface area contributed by atoms with Crippen LogP contribution >= 0.6 is 0 Å². The molecule has 0 aliphatic carbocycles. The van der Waals surface area contributed by atoms with Gasteiger partial charge in [0.15, 0.2) is 5.69 Å². The second-order valence-electron chi connectivity index (χ2n) is 4.56. The number of hydrogen-bond acceptors (Lipinski definition) is 5. The van der Waals surface area contributed by atoms with Crippen molar-refractivity contribution in [3.8, 4) is 0 Å². The zero-order valence-electron chi connectivity index (χ0n) is 12.9. The van der Waals surface area contributed by atoms with E-state index in [9.17, 15) is 9.59 Å². The molecule has 1 atom stereocenters. The van der Waals surface area contributed by atoms with E-state index in [0.717, 1.165) is 0 Å². The SMILES string of the molecule is CCN(CC)C(=O)C(C)n1nnc(C(=O)O)c1CCOC. The number of carbonyl (C=O) groups excluding carboxylic acids is 1. The Hall–Kier alpha value is -1.96. The molecule has 21 heavy (non-hydrogen) atoms. The van der Waals surface area contributed by atoms with Crippen LogP contribution in [0, 0.1) is 0 Å². The van der Waals surface area contributed by atoms with Gasteiger partial charge in [-0.3, -0.25) is 4.79 Å². The summed E-state index contributed by atoms with van der Waals surface area (Å²) in [6.07, 6.45) is 0.334. The summed E-state index contributed by atoms with van der Waals surface area (Å²) < 4.78 is 6.36. The van der Waals surface area contributed by atoms with Crippen molar-refractivity contribution >= 4 is 11.9 Å². The normalized spacial score (nSPS) is 12.2. The summed E-state index contributed by atoms with van der Waals surface area (Å²) in [5.41, 5.74) is 0.267. The summed E-state index contributed by atoms with van der Waals surface area (Å²) in [5, 5.41) is 16.7. The molecular formula is C13H22N4O4. The highest BCUT2D eigenvalue weighted by Crippen LogP contribution is 2.15. The van der Waals surface area contributed by atoms with E-state index in [0.29, 0.717) is 31.8 Å². The van der Waals surface area contributed by atoms with Gasteiger partial charge >= 0.3 is 5.97 Å². The van der Waals surface area contributed by atoms with Gasteiger partial charge in [-0.25, -0.2) is 9.48 Å². The number of aromatic carboxylic acids is 1. The highest BCUT2D eigenvalue weighted by molar-refractivity contribution is 5.87. The number of methoxy groups -OCH3 is 1. The van der Waals surface area contributed by atoms with E-state index >= 15 is 0 Å². The Labute approximate surface area is 123 Å². The maximum absolute atomic E-state index is 12.4. The number of carboxylic acid groups (broad SMARTS) is 1. The third-order valence-electron chi connectivity index (χ3n) is 3.34. The van der Waals surface area contributed by atoms with Gasteiger partial charge < -0.3 is 14.7 Å². The summed E-state index contributed by atoms with van der Waals surface area (Å²) in [6.45, 7) is 6.99. The lowest BCUT2D eigenvalue weighted by Gasteiger charge is -2.23. The monoisotopic (exact) mass is 298 g/mol. The molecule has 1 heterocycles. The highest BCUT2D eigenvalue weighted by Gasteiger charge is 2.27. The van der Waals surface area contributed by atoms with Crippen molar-refractivity contribution in [2.45, 2.75) is 33.2 Å². The van der Waals surface area contributed by atoms with E-state index in [1.165, 1.54) is 11.8 Å². The molecular weight excluding hydrogens is 276 g/mol. The minimum absolute atomic E-state index is 0.111. The average molecular weight is 298 g/mol. The number of amides is 1. The highest BCUT2D eigenvalue weighted by atomic mass is 16.5. The molecule has 8 nitrogen and oxygen atoms in total. The molecule has 1 aromatic rings. The van der Waals surface area contributed by atoms with Crippen molar-refractivity contribution in [3.63, 3.8) is 0 Å². The number of carboxylic acids is 1. The molecule has 8 heteroatoms. The Balaban J connectivity index is 3.10. The Morgan fingerprint density at radius 1 is 1.38 bits per heavy atom. The smallest absolute Gasteiger partial charge is 0.358 e. The summed E-state index contributed by atoms with van der Waals surface area (Å²) >= 11 is 0. The van der Waals surface area contributed by atoms with Crippen LogP contribution in [0.1, 0.15) is 43.0 Å². The number of rotatable bonds is 8. The van der Waals surface area contributed by atoms with E-state index in [4.69, 9.17) is 9.84 Å². The number of ether oxygens (including phenoxy) is 1. The first-order valence-electron chi connectivity index (χ1n) is 6.92. The summed E-state index contributed by atoms with van der Waals surface area (Å²) in [4.78, 5) is 25.2. The summed E-state index contributed by atoms with van der Waals surface area (Å²) in [5.74, 6) is -1.27. The number of carbonyl (C=O) groups is 2. The molecule has 0 aromatic carbocycles. The van der Waals surface area contributed by atoms with Crippen LogP contribution in [0.4, 0.5) is 0 Å². The van der Waals surface area contributed by atoms with E-state index in [1.807, 2.05) is 13.8 Å². The van der Waals surface area contributed by atoms with Gasteiger partial charge in [0.1, 0.15) is 6.04 Å². The Kier molecular flexibility index (Phi) is 6.29. The number of nitrogens with zero attached hydrogens (tertiary/aromatic N) is 4. The van der Waals surface area contributed by atoms with Gasteiger partial charge in [0.25, 0.3) is 0 Å². The van der Waals surface area contributed by atoms with E-state index in [-0.39, 0.29) is 11.6 Å². The minimum Gasteiger partial charge on any atom is -0.476 e. The van der Waals surface area contributed by atoms with Crippen LogP contribution in [0.2, 0.25) is 0 Å². The van der Waals surface area contributed by atoms with Crippen LogP contribution in [0.15, 0.2) is 0 Å². The molecule has 0 radical (unpaired) electrons. The maximum atomic E-state index is 12.4. The molecule has 0 saturated carbocycles. The van der Waals surface area contributed by atoms with Crippen molar-refractivity contribution < 1.29 is 19.4 Å². The predicted octanol–water partition coefficient (Wildman–Crippen LogP) is 0.595. The zero-order chi connectivity index (χ0) is 16.0. The van der Waals surface area contributed by atoms with E-state index < -0.39 is 12.0 Å². The maximum Gasteiger partial charge on any atom is 0.358 e. The Bertz CT molecular complexity index is 496. The molecule has 0 spiro atoms. The molecule has 1 N–H and O–H groups in total. The summed E-state index contributed by atoms with van der Waals surface area (Å²) in [6, 6.07) is -0.600. The molecule has 1 aromatic heterocycles. The molecule has 0 saturated heterocycles. The van der Waals surface area contributed by atoms with Crippen LogP contribution in [0.3, 0.4) is 0 Å². The minimum atomic E-state index is -1.16. The predicted molar refractivity (Wildman–Crippen MR) is 75.2 cm³/mol. The quantitative estimate of drug-likeness (QED) is 0.754. The fraction of sp³-hybridized carbons (Fsp3) is 0.692. The van der Waals surface area contributed by atoms with Crippen LogP contribution in [0.25, 0.3) is 0 Å². The molecule has 0 aliphatic heterocycles.